The second-order valence-corrected chi connectivity index (χ2v) is 7.95. The molecule has 0 amide bonds. The summed E-state index contributed by atoms with van der Waals surface area (Å²) in [6, 6.07) is 8.06. The van der Waals surface area contributed by atoms with Crippen molar-refractivity contribution in [2.75, 3.05) is 37.4 Å². The van der Waals surface area contributed by atoms with Gasteiger partial charge in [-0.25, -0.2) is 4.98 Å². The van der Waals surface area contributed by atoms with Crippen LogP contribution in [0.4, 0.5) is 17.5 Å². The Morgan fingerprint density at radius 2 is 2.04 bits per heavy atom. The van der Waals surface area contributed by atoms with E-state index in [0.29, 0.717) is 30.5 Å². The lowest BCUT2D eigenvalue weighted by Crippen LogP contribution is -2.31. The highest BCUT2D eigenvalue weighted by atomic mass is 32.2. The van der Waals surface area contributed by atoms with E-state index < -0.39 is 4.92 Å². The summed E-state index contributed by atoms with van der Waals surface area (Å²) in [7, 11) is 2.09. The lowest BCUT2D eigenvalue weighted by atomic mass is 9.92. The molecule has 1 aromatic carbocycles. The van der Waals surface area contributed by atoms with Gasteiger partial charge in [-0.2, -0.15) is 4.98 Å². The van der Waals surface area contributed by atoms with Gasteiger partial charge in [0.05, 0.1) is 4.92 Å². The second kappa shape index (κ2) is 9.20. The van der Waals surface area contributed by atoms with Gasteiger partial charge in [-0.1, -0.05) is 18.2 Å². The number of nitrogen functional groups attached to an aromatic ring is 1. The Hall–Kier alpha value is -2.39. The molecule has 3 rings (SSSR count). The number of hydrogen-bond donors (Lipinski definition) is 2. The van der Waals surface area contributed by atoms with Crippen LogP contribution in [0, 0.1) is 16.0 Å². The van der Waals surface area contributed by atoms with E-state index in [-0.39, 0.29) is 11.5 Å². The van der Waals surface area contributed by atoms with Gasteiger partial charge in [0.25, 0.3) is 0 Å². The van der Waals surface area contributed by atoms with E-state index in [1.54, 1.807) is 11.8 Å². The van der Waals surface area contributed by atoms with Gasteiger partial charge >= 0.3 is 5.69 Å². The summed E-state index contributed by atoms with van der Waals surface area (Å²) >= 11 is 1.67. The number of benzene rings is 1. The van der Waals surface area contributed by atoms with Crippen LogP contribution < -0.4 is 11.1 Å². The Balaban J connectivity index is 1.80. The zero-order valence-corrected chi connectivity index (χ0v) is 17.0. The van der Waals surface area contributed by atoms with Crippen molar-refractivity contribution in [1.82, 2.24) is 14.9 Å². The largest absolute Gasteiger partial charge is 0.378 e. The molecule has 9 heteroatoms. The van der Waals surface area contributed by atoms with Crippen LogP contribution in [0.2, 0.25) is 0 Å². The van der Waals surface area contributed by atoms with Gasteiger partial charge in [-0.15, -0.1) is 11.8 Å². The van der Waals surface area contributed by atoms with Crippen LogP contribution in [0.5, 0.6) is 0 Å². The average molecular weight is 403 g/mol. The van der Waals surface area contributed by atoms with E-state index in [1.807, 2.05) is 24.5 Å². The first kappa shape index (κ1) is 20.3. The summed E-state index contributed by atoms with van der Waals surface area (Å²) in [5.74, 6) is 0.625. The number of nitro groups is 1. The Labute approximate surface area is 169 Å². The van der Waals surface area contributed by atoms with E-state index in [0.717, 1.165) is 36.4 Å². The highest BCUT2D eigenvalue weighted by Gasteiger charge is 2.27. The van der Waals surface area contributed by atoms with Crippen molar-refractivity contribution in [3.05, 3.63) is 45.6 Å². The second-order valence-electron chi connectivity index (χ2n) is 7.10. The quantitative estimate of drug-likeness (QED) is 0.413. The van der Waals surface area contributed by atoms with Crippen molar-refractivity contribution in [2.45, 2.75) is 30.7 Å². The molecule has 150 valence electrons. The van der Waals surface area contributed by atoms with Crippen LogP contribution in [0.25, 0.3) is 0 Å². The Morgan fingerprint density at radius 3 is 2.71 bits per heavy atom. The molecule has 8 nitrogen and oxygen atoms in total. The molecule has 2 heterocycles. The Kier molecular flexibility index (Phi) is 6.69. The molecule has 0 unspecified atom stereocenters. The average Bonchev–Trinajstić information content (AvgIpc) is 2.67. The molecule has 2 aromatic rings. The number of thioether (sulfide) groups is 1. The van der Waals surface area contributed by atoms with E-state index in [1.165, 1.54) is 0 Å². The molecule has 0 bridgehead atoms. The number of nitrogens with one attached hydrogen (secondary N) is 1. The zero-order valence-electron chi connectivity index (χ0n) is 16.2. The normalized spacial score (nSPS) is 15.5. The SMILES string of the molecule is CSc1ccccc1CNc1nc(N)c([N+](=O)[O-])c(CC2CCN(C)CC2)n1. The lowest BCUT2D eigenvalue weighted by molar-refractivity contribution is -0.385. The number of nitrogens with zero attached hydrogens (tertiary/aromatic N) is 4. The first-order valence-corrected chi connectivity index (χ1v) is 10.6. The summed E-state index contributed by atoms with van der Waals surface area (Å²) in [4.78, 5) is 23.1. The van der Waals surface area contributed by atoms with Crippen molar-refractivity contribution in [3.63, 3.8) is 0 Å². The summed E-state index contributed by atoms with van der Waals surface area (Å²) in [5.41, 5.74) is 7.31. The van der Waals surface area contributed by atoms with Gasteiger partial charge in [0.1, 0.15) is 5.69 Å². The molecule has 1 aromatic heterocycles. The van der Waals surface area contributed by atoms with Crippen LogP contribution in [0.15, 0.2) is 29.2 Å². The third-order valence-electron chi connectivity index (χ3n) is 5.12. The molecule has 28 heavy (non-hydrogen) atoms. The minimum absolute atomic E-state index is 0.0800. The molecule has 3 N–H and O–H groups in total. The minimum Gasteiger partial charge on any atom is -0.378 e. The minimum atomic E-state index is -0.466. The number of piperidine rings is 1. The first-order valence-electron chi connectivity index (χ1n) is 9.33. The van der Waals surface area contributed by atoms with Gasteiger partial charge in [0, 0.05) is 11.4 Å². The predicted octanol–water partition coefficient (Wildman–Crippen LogP) is 3.19. The maximum atomic E-state index is 11.5. The number of rotatable bonds is 7. The molecule has 0 radical (unpaired) electrons. The van der Waals surface area contributed by atoms with E-state index in [2.05, 4.69) is 33.3 Å². The molecule has 1 fully saturated rings. The fraction of sp³-hybridized carbons (Fsp3) is 0.474. The van der Waals surface area contributed by atoms with E-state index in [9.17, 15) is 10.1 Å². The Bertz CT molecular complexity index is 839. The number of hydrogen-bond acceptors (Lipinski definition) is 8. The van der Waals surface area contributed by atoms with Gasteiger partial charge in [0.2, 0.25) is 11.8 Å². The van der Waals surface area contributed by atoms with Crippen LogP contribution in [-0.4, -0.2) is 46.2 Å². The maximum absolute atomic E-state index is 11.5. The molecule has 1 saturated heterocycles. The van der Waals surface area contributed by atoms with Gasteiger partial charge in [-0.05, 0) is 63.2 Å². The third kappa shape index (κ3) is 4.90. The van der Waals surface area contributed by atoms with Crippen LogP contribution in [0.1, 0.15) is 24.1 Å². The van der Waals surface area contributed by atoms with Gasteiger partial charge in [-0.3, -0.25) is 10.1 Å². The van der Waals surface area contributed by atoms with Crippen LogP contribution >= 0.6 is 11.8 Å². The predicted molar refractivity (Wildman–Crippen MR) is 113 cm³/mol. The fourth-order valence-electron chi connectivity index (χ4n) is 3.50. The standard InChI is InChI=1S/C19H26N6O2S/c1-24-9-7-13(8-10-24)11-15-17(25(26)27)18(20)23-19(22-15)21-12-14-5-3-4-6-16(14)28-2/h3-6,13H,7-12H2,1-2H3,(H3,20,21,22,23). The number of aromatic nitrogens is 2. The van der Waals surface area contributed by atoms with Crippen molar-refractivity contribution < 1.29 is 4.92 Å². The monoisotopic (exact) mass is 402 g/mol. The number of anilines is 2. The smallest absolute Gasteiger partial charge is 0.332 e. The van der Waals surface area contributed by atoms with Crippen LogP contribution in [0.3, 0.4) is 0 Å². The zero-order chi connectivity index (χ0) is 20.1. The lowest BCUT2D eigenvalue weighted by Gasteiger charge is -2.28. The van der Waals surface area contributed by atoms with Crippen molar-refractivity contribution >= 4 is 29.2 Å². The summed E-state index contributed by atoms with van der Waals surface area (Å²) in [6.07, 6.45) is 4.58. The highest BCUT2D eigenvalue weighted by molar-refractivity contribution is 7.98. The fourth-order valence-corrected chi connectivity index (χ4v) is 4.12. The van der Waals surface area contributed by atoms with Gasteiger partial charge < -0.3 is 16.0 Å². The molecular formula is C19H26N6O2S. The molecule has 0 spiro atoms. The molecule has 1 aliphatic rings. The number of likely N-dealkylation sites (tertiary alicyclic amines) is 1. The molecular weight excluding hydrogens is 376 g/mol. The Morgan fingerprint density at radius 1 is 1.32 bits per heavy atom. The van der Waals surface area contributed by atoms with Crippen molar-refractivity contribution in [1.29, 1.82) is 0 Å². The van der Waals surface area contributed by atoms with E-state index >= 15 is 0 Å². The van der Waals surface area contributed by atoms with Crippen molar-refractivity contribution in [3.8, 4) is 0 Å². The first-order chi connectivity index (χ1) is 13.5. The van der Waals surface area contributed by atoms with Crippen LogP contribution in [-0.2, 0) is 13.0 Å². The van der Waals surface area contributed by atoms with Gasteiger partial charge in [0.15, 0.2) is 0 Å². The summed E-state index contributed by atoms with van der Waals surface area (Å²) in [6.45, 7) is 2.52. The molecule has 0 saturated carbocycles. The number of nitrogens with two attached hydrogens (primary N) is 1. The van der Waals surface area contributed by atoms with E-state index in [4.69, 9.17) is 5.73 Å². The molecule has 0 atom stereocenters. The molecule has 0 aliphatic carbocycles. The van der Waals surface area contributed by atoms with Crippen molar-refractivity contribution in [2.24, 2.45) is 5.92 Å². The summed E-state index contributed by atoms with van der Waals surface area (Å²) in [5, 5.41) is 14.7. The topological polar surface area (TPSA) is 110 Å². The summed E-state index contributed by atoms with van der Waals surface area (Å²) < 4.78 is 0. The molecule has 1 aliphatic heterocycles. The highest BCUT2D eigenvalue weighted by Crippen LogP contribution is 2.30. The third-order valence-corrected chi connectivity index (χ3v) is 5.95. The maximum Gasteiger partial charge on any atom is 0.332 e.